The van der Waals surface area contributed by atoms with Gasteiger partial charge in [-0.3, -0.25) is 0 Å². The van der Waals surface area contributed by atoms with Crippen molar-refractivity contribution in [1.82, 2.24) is 0 Å². The summed E-state index contributed by atoms with van der Waals surface area (Å²) in [4.78, 5) is 0. The number of nitrogens with zero attached hydrogens (tertiary/aromatic N) is 1. The van der Waals surface area contributed by atoms with E-state index in [0.29, 0.717) is 13.4 Å². The molecule has 3 heterocycles. The summed E-state index contributed by atoms with van der Waals surface area (Å²) in [7, 11) is 1.67. The van der Waals surface area contributed by atoms with Crippen LogP contribution in [0.4, 0.5) is 0 Å². The maximum Gasteiger partial charge on any atom is 0.231 e. The van der Waals surface area contributed by atoms with E-state index in [4.69, 9.17) is 18.9 Å². The molecular formula is C21H20NO4+. The molecule has 5 heteroatoms. The highest BCUT2D eigenvalue weighted by molar-refractivity contribution is 5.87. The zero-order valence-corrected chi connectivity index (χ0v) is 14.9. The quantitative estimate of drug-likeness (QED) is 0.678. The van der Waals surface area contributed by atoms with E-state index in [9.17, 15) is 0 Å². The Balaban J connectivity index is 1.70. The van der Waals surface area contributed by atoms with E-state index in [1.165, 1.54) is 16.8 Å². The van der Waals surface area contributed by atoms with Gasteiger partial charge in [0.2, 0.25) is 12.5 Å². The molecule has 0 atom stereocenters. The van der Waals surface area contributed by atoms with Gasteiger partial charge in [0.25, 0.3) is 0 Å². The lowest BCUT2D eigenvalue weighted by Crippen LogP contribution is -2.39. The van der Waals surface area contributed by atoms with Gasteiger partial charge in [-0.15, -0.1) is 0 Å². The van der Waals surface area contributed by atoms with Gasteiger partial charge in [-0.1, -0.05) is 0 Å². The zero-order valence-electron chi connectivity index (χ0n) is 14.9. The largest absolute Gasteiger partial charge is 0.493 e. The van der Waals surface area contributed by atoms with Crippen LogP contribution in [0.2, 0.25) is 0 Å². The van der Waals surface area contributed by atoms with E-state index in [0.717, 1.165) is 46.7 Å². The zero-order chi connectivity index (χ0) is 17.7. The van der Waals surface area contributed by atoms with Crippen LogP contribution in [0.25, 0.3) is 22.0 Å². The van der Waals surface area contributed by atoms with Crippen LogP contribution in [0, 0.1) is 0 Å². The summed E-state index contributed by atoms with van der Waals surface area (Å²) in [6.45, 7) is 3.82. The number of aryl methyl sites for hydroxylation is 2. The summed E-state index contributed by atoms with van der Waals surface area (Å²) in [5.41, 5.74) is 3.69. The Bertz CT molecular complexity index is 1030. The highest BCUT2D eigenvalue weighted by atomic mass is 16.7. The predicted octanol–water partition coefficient (Wildman–Crippen LogP) is 3.49. The van der Waals surface area contributed by atoms with Crippen molar-refractivity contribution in [3.63, 3.8) is 0 Å². The molecule has 0 aliphatic carbocycles. The minimum absolute atomic E-state index is 0.299. The third-order valence-electron chi connectivity index (χ3n) is 5.06. The summed E-state index contributed by atoms with van der Waals surface area (Å²) >= 11 is 0. The Hall–Kier alpha value is -2.95. The Morgan fingerprint density at radius 2 is 1.81 bits per heavy atom. The van der Waals surface area contributed by atoms with Crippen molar-refractivity contribution >= 4 is 10.8 Å². The van der Waals surface area contributed by atoms with Gasteiger partial charge in [0, 0.05) is 17.9 Å². The monoisotopic (exact) mass is 350 g/mol. The molecule has 26 heavy (non-hydrogen) atoms. The molecule has 0 radical (unpaired) electrons. The molecule has 0 bridgehead atoms. The highest BCUT2D eigenvalue weighted by Crippen LogP contribution is 2.40. The van der Waals surface area contributed by atoms with Crippen LogP contribution in [0.1, 0.15) is 12.5 Å². The molecule has 2 aliphatic rings. The van der Waals surface area contributed by atoms with Crippen molar-refractivity contribution in [2.45, 2.75) is 19.9 Å². The maximum atomic E-state index is 5.74. The number of pyridine rings is 1. The molecule has 2 aliphatic heterocycles. The standard InChI is InChI=1S/C21H20NO4/c1-3-24-19-8-14-6-17-16-10-21-20(25-12-26-21)7-13(16)4-5-22(17)11-15(14)9-18(19)23-2/h6-11H,3-5,12H2,1-2H3/q+1. The summed E-state index contributed by atoms with van der Waals surface area (Å²) in [5, 5.41) is 2.27. The number of rotatable bonds is 3. The van der Waals surface area contributed by atoms with Crippen LogP contribution < -0.4 is 23.5 Å². The second-order valence-corrected chi connectivity index (χ2v) is 6.53. The summed E-state index contributed by atoms with van der Waals surface area (Å²) in [5.74, 6) is 3.21. The Morgan fingerprint density at radius 3 is 2.62 bits per heavy atom. The van der Waals surface area contributed by atoms with E-state index in [1.54, 1.807) is 7.11 Å². The number of methoxy groups -OCH3 is 1. The van der Waals surface area contributed by atoms with Gasteiger partial charge < -0.3 is 18.9 Å². The molecule has 2 aromatic carbocycles. The number of hydrogen-bond acceptors (Lipinski definition) is 4. The first-order valence-corrected chi connectivity index (χ1v) is 8.87. The normalized spacial score (nSPS) is 14.1. The Kier molecular flexibility index (Phi) is 3.42. The smallest absolute Gasteiger partial charge is 0.231 e. The Morgan fingerprint density at radius 1 is 1.00 bits per heavy atom. The number of fused-ring (bicyclic) bond motifs is 5. The van der Waals surface area contributed by atoms with Gasteiger partial charge in [0.1, 0.15) is 0 Å². The van der Waals surface area contributed by atoms with Crippen molar-refractivity contribution in [2.24, 2.45) is 0 Å². The molecule has 0 saturated carbocycles. The topological polar surface area (TPSA) is 40.8 Å². The maximum absolute atomic E-state index is 5.74. The molecule has 0 N–H and O–H groups in total. The van der Waals surface area contributed by atoms with Gasteiger partial charge in [0.05, 0.1) is 19.3 Å². The van der Waals surface area contributed by atoms with Crippen LogP contribution in [0.15, 0.2) is 36.5 Å². The van der Waals surface area contributed by atoms with Crippen molar-refractivity contribution in [1.29, 1.82) is 0 Å². The van der Waals surface area contributed by atoms with E-state index in [2.05, 4.69) is 35.0 Å². The fraction of sp³-hybridized carbons (Fsp3) is 0.286. The molecule has 0 amide bonds. The van der Waals surface area contributed by atoms with Crippen LogP contribution in [-0.4, -0.2) is 20.5 Å². The highest BCUT2D eigenvalue weighted by Gasteiger charge is 2.27. The fourth-order valence-corrected chi connectivity index (χ4v) is 3.81. The number of benzene rings is 2. The lowest BCUT2D eigenvalue weighted by atomic mass is 9.95. The van der Waals surface area contributed by atoms with Gasteiger partial charge in [-0.2, -0.15) is 4.57 Å². The lowest BCUT2D eigenvalue weighted by Gasteiger charge is -2.17. The van der Waals surface area contributed by atoms with Crippen LogP contribution in [0.3, 0.4) is 0 Å². The number of aromatic nitrogens is 1. The van der Waals surface area contributed by atoms with Crippen molar-refractivity contribution < 1.29 is 23.5 Å². The van der Waals surface area contributed by atoms with E-state index in [1.807, 2.05) is 13.0 Å². The minimum Gasteiger partial charge on any atom is -0.493 e. The molecule has 132 valence electrons. The molecule has 3 aromatic rings. The number of hydrogen-bond donors (Lipinski definition) is 0. The molecule has 0 saturated heterocycles. The summed E-state index contributed by atoms with van der Waals surface area (Å²) in [6, 6.07) is 10.5. The van der Waals surface area contributed by atoms with Crippen LogP contribution in [0.5, 0.6) is 23.0 Å². The first-order valence-electron chi connectivity index (χ1n) is 8.87. The van der Waals surface area contributed by atoms with Crippen molar-refractivity contribution in [3.05, 3.63) is 42.1 Å². The molecular weight excluding hydrogens is 330 g/mol. The second kappa shape index (κ2) is 5.80. The molecule has 1 aromatic heterocycles. The second-order valence-electron chi connectivity index (χ2n) is 6.53. The average Bonchev–Trinajstić information content (AvgIpc) is 3.12. The Labute approximate surface area is 151 Å². The van der Waals surface area contributed by atoms with Gasteiger partial charge in [-0.05, 0) is 42.1 Å². The molecule has 0 fully saturated rings. The fourth-order valence-electron chi connectivity index (χ4n) is 3.81. The minimum atomic E-state index is 0.299. The van der Waals surface area contributed by atoms with E-state index in [-0.39, 0.29) is 0 Å². The average molecular weight is 350 g/mol. The summed E-state index contributed by atoms with van der Waals surface area (Å²) in [6.07, 6.45) is 3.17. The van der Waals surface area contributed by atoms with Crippen LogP contribution >= 0.6 is 0 Å². The van der Waals surface area contributed by atoms with Gasteiger partial charge in [0.15, 0.2) is 35.7 Å². The van der Waals surface area contributed by atoms with E-state index >= 15 is 0 Å². The molecule has 5 nitrogen and oxygen atoms in total. The van der Waals surface area contributed by atoms with Crippen molar-refractivity contribution in [2.75, 3.05) is 20.5 Å². The number of ether oxygens (including phenoxy) is 4. The van der Waals surface area contributed by atoms with Crippen LogP contribution in [-0.2, 0) is 13.0 Å². The molecule has 0 unspecified atom stereocenters. The predicted molar refractivity (Wildman–Crippen MR) is 97.1 cm³/mol. The van der Waals surface area contributed by atoms with Crippen molar-refractivity contribution in [3.8, 4) is 34.3 Å². The van der Waals surface area contributed by atoms with Gasteiger partial charge in [-0.25, -0.2) is 0 Å². The van der Waals surface area contributed by atoms with Gasteiger partial charge >= 0.3 is 0 Å². The SMILES string of the molecule is CCOc1cc2cc3[n+](cc2cc1OC)CCc1cc2c(cc1-3)OCO2. The first-order chi connectivity index (χ1) is 12.8. The molecule has 0 spiro atoms. The first kappa shape index (κ1) is 15.3. The third-order valence-corrected chi connectivity index (χ3v) is 5.06. The third kappa shape index (κ3) is 2.27. The molecule has 5 rings (SSSR count). The van der Waals surface area contributed by atoms with E-state index < -0.39 is 0 Å². The lowest BCUT2D eigenvalue weighted by molar-refractivity contribution is -0.686. The summed E-state index contributed by atoms with van der Waals surface area (Å²) < 4.78 is 24.6.